The fraction of sp³-hybridized carbons (Fsp3) is 0.368. The Balaban J connectivity index is 1.71. The zero-order valence-electron chi connectivity index (χ0n) is 13.9. The molecule has 1 fully saturated rings. The maximum Gasteiger partial charge on any atom is 0.234 e. The Hall–Kier alpha value is -1.92. The third kappa shape index (κ3) is 3.04. The number of carbonyl (C=O) groups is 1. The van der Waals surface area contributed by atoms with Crippen LogP contribution in [0.3, 0.4) is 0 Å². The molecule has 130 valence electrons. The standard InChI is InChI=1S/C19H19BrN2O3/c1-24-14-4-2-12(3-5-14)10-22-18-16(8-13(20)9-21-18)15-6-7-25-11-17(15)19(22)23/h2-5,8-9,15,17H,6-7,10-11H2,1H3/t15-,17+/m0/s1. The van der Waals surface area contributed by atoms with Crippen LogP contribution in [0, 0.1) is 5.92 Å². The number of aromatic nitrogens is 1. The summed E-state index contributed by atoms with van der Waals surface area (Å²) in [6.07, 6.45) is 2.62. The summed E-state index contributed by atoms with van der Waals surface area (Å²) < 4.78 is 11.7. The molecule has 0 aliphatic carbocycles. The van der Waals surface area contributed by atoms with Crippen LogP contribution in [-0.2, 0) is 16.1 Å². The number of hydrogen-bond donors (Lipinski definition) is 0. The summed E-state index contributed by atoms with van der Waals surface area (Å²) >= 11 is 3.51. The molecular weight excluding hydrogens is 384 g/mol. The van der Waals surface area contributed by atoms with Crippen molar-refractivity contribution in [3.63, 3.8) is 0 Å². The second-order valence-corrected chi connectivity index (χ2v) is 7.33. The van der Waals surface area contributed by atoms with Gasteiger partial charge in [0.05, 0.1) is 26.2 Å². The molecule has 6 heteroatoms. The Morgan fingerprint density at radius 3 is 2.88 bits per heavy atom. The van der Waals surface area contributed by atoms with E-state index >= 15 is 0 Å². The van der Waals surface area contributed by atoms with Crippen LogP contribution in [0.5, 0.6) is 5.75 Å². The number of pyridine rings is 1. The molecule has 2 atom stereocenters. The van der Waals surface area contributed by atoms with E-state index in [1.165, 1.54) is 0 Å². The van der Waals surface area contributed by atoms with E-state index in [-0.39, 0.29) is 17.7 Å². The number of hydrogen-bond acceptors (Lipinski definition) is 4. The summed E-state index contributed by atoms with van der Waals surface area (Å²) in [5.74, 6) is 1.73. The Kier molecular flexibility index (Phi) is 4.48. The Bertz CT molecular complexity index is 794. The molecule has 0 bridgehead atoms. The van der Waals surface area contributed by atoms with E-state index in [1.807, 2.05) is 24.3 Å². The van der Waals surface area contributed by atoms with Gasteiger partial charge >= 0.3 is 0 Å². The molecule has 0 radical (unpaired) electrons. The van der Waals surface area contributed by atoms with Crippen LogP contribution >= 0.6 is 15.9 Å². The predicted octanol–water partition coefficient (Wildman–Crippen LogP) is 3.52. The molecule has 0 unspecified atom stereocenters. The fourth-order valence-electron chi connectivity index (χ4n) is 3.67. The molecule has 1 aromatic heterocycles. The van der Waals surface area contributed by atoms with E-state index in [9.17, 15) is 4.79 Å². The van der Waals surface area contributed by atoms with Crippen molar-refractivity contribution in [3.05, 3.63) is 52.1 Å². The smallest absolute Gasteiger partial charge is 0.234 e. The number of carbonyl (C=O) groups excluding carboxylic acids is 1. The number of anilines is 1. The number of nitrogens with zero attached hydrogens (tertiary/aromatic N) is 2. The highest BCUT2D eigenvalue weighted by Gasteiger charge is 2.42. The molecule has 2 aromatic rings. The quantitative estimate of drug-likeness (QED) is 0.787. The second kappa shape index (κ2) is 6.77. The molecular formula is C19H19BrN2O3. The molecule has 1 aromatic carbocycles. The normalized spacial score (nSPS) is 22.3. The summed E-state index contributed by atoms with van der Waals surface area (Å²) in [4.78, 5) is 19.5. The Labute approximate surface area is 155 Å². The number of ether oxygens (including phenoxy) is 2. The SMILES string of the molecule is COc1ccc(CN2C(=O)[C@@H]3COCC[C@H]3c3cc(Br)cnc32)cc1. The van der Waals surface area contributed by atoms with Gasteiger partial charge in [-0.15, -0.1) is 0 Å². The zero-order valence-corrected chi connectivity index (χ0v) is 15.5. The van der Waals surface area contributed by atoms with Crippen LogP contribution in [0.2, 0.25) is 0 Å². The van der Waals surface area contributed by atoms with Gasteiger partial charge in [0, 0.05) is 28.8 Å². The minimum atomic E-state index is -0.129. The van der Waals surface area contributed by atoms with Crippen LogP contribution in [0.25, 0.3) is 0 Å². The van der Waals surface area contributed by atoms with Gasteiger partial charge in [-0.05, 0) is 46.1 Å². The largest absolute Gasteiger partial charge is 0.497 e. The average Bonchev–Trinajstić information content (AvgIpc) is 2.66. The fourth-order valence-corrected chi connectivity index (χ4v) is 4.02. The molecule has 25 heavy (non-hydrogen) atoms. The first kappa shape index (κ1) is 16.5. The third-order valence-electron chi connectivity index (χ3n) is 4.96. The lowest BCUT2D eigenvalue weighted by Crippen LogP contribution is -2.47. The van der Waals surface area contributed by atoms with Crippen LogP contribution in [0.4, 0.5) is 5.82 Å². The summed E-state index contributed by atoms with van der Waals surface area (Å²) in [6, 6.07) is 9.87. The Morgan fingerprint density at radius 2 is 2.12 bits per heavy atom. The third-order valence-corrected chi connectivity index (χ3v) is 5.39. The van der Waals surface area contributed by atoms with Gasteiger partial charge in [0.2, 0.25) is 5.91 Å². The first-order valence-electron chi connectivity index (χ1n) is 8.35. The van der Waals surface area contributed by atoms with E-state index in [0.717, 1.165) is 33.6 Å². The highest BCUT2D eigenvalue weighted by atomic mass is 79.9. The van der Waals surface area contributed by atoms with Crippen LogP contribution in [-0.4, -0.2) is 31.2 Å². The molecule has 5 nitrogen and oxygen atoms in total. The van der Waals surface area contributed by atoms with Crippen LogP contribution < -0.4 is 9.64 Å². The minimum absolute atomic E-state index is 0.0999. The zero-order chi connectivity index (χ0) is 17.4. The molecule has 0 N–H and O–H groups in total. The van der Waals surface area contributed by atoms with Crippen molar-refractivity contribution in [1.29, 1.82) is 0 Å². The number of benzene rings is 1. The van der Waals surface area contributed by atoms with Crippen molar-refractivity contribution in [1.82, 2.24) is 4.98 Å². The van der Waals surface area contributed by atoms with Crippen molar-refractivity contribution in [3.8, 4) is 5.75 Å². The van der Waals surface area contributed by atoms with E-state index < -0.39 is 0 Å². The van der Waals surface area contributed by atoms with Crippen molar-refractivity contribution < 1.29 is 14.3 Å². The van der Waals surface area contributed by atoms with Crippen molar-refractivity contribution in [2.24, 2.45) is 5.92 Å². The van der Waals surface area contributed by atoms with Crippen LogP contribution in [0.15, 0.2) is 41.0 Å². The first-order chi connectivity index (χ1) is 12.2. The topological polar surface area (TPSA) is 51.7 Å². The minimum Gasteiger partial charge on any atom is -0.497 e. The highest BCUT2D eigenvalue weighted by Crippen LogP contribution is 2.43. The summed E-state index contributed by atoms with van der Waals surface area (Å²) in [6.45, 7) is 1.67. The summed E-state index contributed by atoms with van der Waals surface area (Å²) in [5.41, 5.74) is 2.18. The van der Waals surface area contributed by atoms with Gasteiger partial charge in [0.15, 0.2) is 0 Å². The molecule has 2 aliphatic heterocycles. The van der Waals surface area contributed by atoms with Gasteiger partial charge in [-0.25, -0.2) is 4.98 Å². The highest BCUT2D eigenvalue weighted by molar-refractivity contribution is 9.10. The lowest BCUT2D eigenvalue weighted by Gasteiger charge is -2.40. The molecule has 1 saturated heterocycles. The molecule has 3 heterocycles. The molecule has 2 aliphatic rings. The maximum atomic E-state index is 13.1. The number of fused-ring (bicyclic) bond motifs is 3. The Morgan fingerprint density at radius 1 is 1.32 bits per heavy atom. The van der Waals surface area contributed by atoms with E-state index in [2.05, 4.69) is 27.0 Å². The van der Waals surface area contributed by atoms with Crippen LogP contribution in [0.1, 0.15) is 23.5 Å². The summed E-state index contributed by atoms with van der Waals surface area (Å²) in [5, 5.41) is 0. The van der Waals surface area contributed by atoms with E-state index in [4.69, 9.17) is 9.47 Å². The van der Waals surface area contributed by atoms with Crippen molar-refractivity contribution in [2.75, 3.05) is 25.2 Å². The molecule has 4 rings (SSSR count). The average molecular weight is 403 g/mol. The molecule has 0 spiro atoms. The van der Waals surface area contributed by atoms with E-state index in [0.29, 0.717) is 19.8 Å². The number of rotatable bonds is 3. The molecule has 1 amide bonds. The maximum absolute atomic E-state index is 13.1. The van der Waals surface area contributed by atoms with Gasteiger partial charge in [-0.2, -0.15) is 0 Å². The monoisotopic (exact) mass is 402 g/mol. The van der Waals surface area contributed by atoms with Gasteiger partial charge in [-0.3, -0.25) is 9.69 Å². The summed E-state index contributed by atoms with van der Waals surface area (Å²) in [7, 11) is 1.64. The molecule has 0 saturated carbocycles. The lowest BCUT2D eigenvalue weighted by atomic mass is 9.79. The van der Waals surface area contributed by atoms with Gasteiger partial charge in [-0.1, -0.05) is 12.1 Å². The first-order valence-corrected chi connectivity index (χ1v) is 9.14. The van der Waals surface area contributed by atoms with Crippen molar-refractivity contribution in [2.45, 2.75) is 18.9 Å². The van der Waals surface area contributed by atoms with Gasteiger partial charge in [0.1, 0.15) is 11.6 Å². The second-order valence-electron chi connectivity index (χ2n) is 6.42. The number of halogens is 1. The van der Waals surface area contributed by atoms with Gasteiger partial charge in [0.25, 0.3) is 0 Å². The van der Waals surface area contributed by atoms with E-state index in [1.54, 1.807) is 18.2 Å². The lowest BCUT2D eigenvalue weighted by molar-refractivity contribution is -0.128. The van der Waals surface area contributed by atoms with Crippen molar-refractivity contribution >= 4 is 27.7 Å². The number of methoxy groups -OCH3 is 1. The van der Waals surface area contributed by atoms with Gasteiger partial charge < -0.3 is 9.47 Å². The predicted molar refractivity (Wildman–Crippen MR) is 97.8 cm³/mol. The number of amides is 1.